The van der Waals surface area contributed by atoms with Gasteiger partial charge in [-0.2, -0.15) is 0 Å². The molecule has 1 N–H and O–H groups in total. The summed E-state index contributed by atoms with van der Waals surface area (Å²) in [6.45, 7) is 3.11. The van der Waals surface area contributed by atoms with E-state index in [0.29, 0.717) is 25.7 Å². The van der Waals surface area contributed by atoms with Gasteiger partial charge >= 0.3 is 23.9 Å². The van der Waals surface area contributed by atoms with Crippen molar-refractivity contribution < 1.29 is 38.5 Å². The van der Waals surface area contributed by atoms with Crippen molar-refractivity contribution in [2.24, 2.45) is 5.92 Å². The molecule has 8 heteroatoms. The molecule has 37 heavy (non-hydrogen) atoms. The molecule has 0 aliphatic rings. The fourth-order valence-corrected chi connectivity index (χ4v) is 3.90. The van der Waals surface area contributed by atoms with E-state index in [1.165, 1.54) is 6.92 Å². The van der Waals surface area contributed by atoms with Crippen LogP contribution in [0.25, 0.3) is 0 Å². The monoisotopic (exact) mass is 512 g/mol. The molecule has 0 amide bonds. The molecule has 0 heterocycles. The van der Waals surface area contributed by atoms with Crippen LogP contribution in [0.3, 0.4) is 0 Å². The second-order valence-electron chi connectivity index (χ2n) is 8.97. The first-order valence-electron chi connectivity index (χ1n) is 12.6. The van der Waals surface area contributed by atoms with Crippen molar-refractivity contribution in [1.29, 1.82) is 0 Å². The molecule has 3 unspecified atom stereocenters. The van der Waals surface area contributed by atoms with Crippen LogP contribution in [-0.4, -0.2) is 41.4 Å². The topological polar surface area (TPSA) is 116 Å². The summed E-state index contributed by atoms with van der Waals surface area (Å²) in [6.07, 6.45) is 1.38. The third kappa shape index (κ3) is 12.2. The Morgan fingerprint density at radius 2 is 1.22 bits per heavy atom. The van der Waals surface area contributed by atoms with E-state index < -0.39 is 42.2 Å². The summed E-state index contributed by atoms with van der Waals surface area (Å²) in [7, 11) is 0. The van der Waals surface area contributed by atoms with E-state index in [9.17, 15) is 19.2 Å². The van der Waals surface area contributed by atoms with Crippen molar-refractivity contribution in [3.63, 3.8) is 0 Å². The van der Waals surface area contributed by atoms with Crippen LogP contribution in [0.2, 0.25) is 0 Å². The lowest BCUT2D eigenvalue weighted by atomic mass is 9.95. The number of esters is 3. The van der Waals surface area contributed by atoms with E-state index in [-0.39, 0.29) is 19.3 Å². The molecule has 0 bridgehead atoms. The highest BCUT2D eigenvalue weighted by molar-refractivity contribution is 5.76. The van der Waals surface area contributed by atoms with Gasteiger partial charge < -0.3 is 19.3 Å². The molecule has 200 valence electrons. The summed E-state index contributed by atoms with van der Waals surface area (Å²) in [4.78, 5) is 48.4. The van der Waals surface area contributed by atoms with Crippen LogP contribution >= 0.6 is 0 Å². The van der Waals surface area contributed by atoms with Gasteiger partial charge in [-0.05, 0) is 30.9 Å². The summed E-state index contributed by atoms with van der Waals surface area (Å²) in [5, 5.41) is 8.78. The highest BCUT2D eigenvalue weighted by Crippen LogP contribution is 2.21. The maximum atomic E-state index is 13.0. The molecule has 2 aromatic carbocycles. The average Bonchev–Trinajstić information content (AvgIpc) is 2.84. The molecule has 0 saturated heterocycles. The minimum absolute atomic E-state index is 0.0516. The number of carbonyl (C=O) groups is 4. The Labute approximate surface area is 217 Å². The maximum absolute atomic E-state index is 13.0. The van der Waals surface area contributed by atoms with Crippen molar-refractivity contribution in [2.75, 3.05) is 0 Å². The molecule has 0 saturated carbocycles. The first-order chi connectivity index (χ1) is 17.7. The summed E-state index contributed by atoms with van der Waals surface area (Å²) >= 11 is 0. The largest absolute Gasteiger partial charge is 0.481 e. The van der Waals surface area contributed by atoms with Crippen LogP contribution in [0.15, 0.2) is 60.7 Å². The van der Waals surface area contributed by atoms with Crippen LogP contribution in [0, 0.1) is 5.92 Å². The molecule has 3 atom stereocenters. The van der Waals surface area contributed by atoms with Crippen molar-refractivity contribution in [2.45, 2.75) is 77.6 Å². The Bertz CT molecular complexity index is 989. The van der Waals surface area contributed by atoms with Gasteiger partial charge in [-0.1, -0.05) is 79.9 Å². The smallest absolute Gasteiger partial charge is 0.315 e. The van der Waals surface area contributed by atoms with Crippen molar-refractivity contribution in [3.05, 3.63) is 71.8 Å². The van der Waals surface area contributed by atoms with Gasteiger partial charge in [-0.3, -0.25) is 19.2 Å². The third-order valence-electron chi connectivity index (χ3n) is 5.80. The normalized spacial score (nSPS) is 13.1. The van der Waals surface area contributed by atoms with Gasteiger partial charge in [0.05, 0.1) is 18.8 Å². The van der Waals surface area contributed by atoms with Gasteiger partial charge in [0, 0.05) is 13.3 Å². The molecule has 2 aromatic rings. The standard InChI is InChI=1S/C29H36O8/c1-21(35-27(32)19-23-13-7-5-8-14-23)25(17-11-3-4-12-18-26(30)31)29(34)37-22(2)36-28(33)20-24-15-9-6-10-16-24/h5-10,13-16,21-22,25H,3-4,11-12,17-20H2,1-2H3,(H,30,31). The lowest BCUT2D eigenvalue weighted by molar-refractivity contribution is -0.190. The van der Waals surface area contributed by atoms with Crippen LogP contribution in [0.4, 0.5) is 0 Å². The quantitative estimate of drug-likeness (QED) is 0.192. The lowest BCUT2D eigenvalue weighted by Crippen LogP contribution is -2.35. The number of hydrogen-bond acceptors (Lipinski definition) is 7. The number of carboxylic acid groups (broad SMARTS) is 1. The number of benzene rings is 2. The molecular formula is C29H36O8. The predicted octanol–water partition coefficient (Wildman–Crippen LogP) is 4.88. The van der Waals surface area contributed by atoms with Crippen molar-refractivity contribution in [1.82, 2.24) is 0 Å². The Morgan fingerprint density at radius 3 is 1.76 bits per heavy atom. The van der Waals surface area contributed by atoms with Crippen molar-refractivity contribution >= 4 is 23.9 Å². The van der Waals surface area contributed by atoms with Gasteiger partial charge in [-0.25, -0.2) is 0 Å². The zero-order valence-electron chi connectivity index (χ0n) is 21.5. The molecule has 0 aliphatic heterocycles. The van der Waals surface area contributed by atoms with Gasteiger partial charge in [0.15, 0.2) is 0 Å². The zero-order chi connectivity index (χ0) is 27.0. The van der Waals surface area contributed by atoms with Crippen LogP contribution < -0.4 is 0 Å². The third-order valence-corrected chi connectivity index (χ3v) is 5.80. The summed E-state index contributed by atoms with van der Waals surface area (Å²) in [5.74, 6) is -3.19. The van der Waals surface area contributed by atoms with Gasteiger partial charge in [0.1, 0.15) is 6.10 Å². The molecule has 2 rings (SSSR count). The lowest BCUT2D eigenvalue weighted by Gasteiger charge is -2.24. The second kappa shape index (κ2) is 16.1. The van der Waals surface area contributed by atoms with Crippen LogP contribution in [0.5, 0.6) is 0 Å². The fraction of sp³-hybridized carbons (Fsp3) is 0.448. The Kier molecular flexibility index (Phi) is 12.9. The zero-order valence-corrected chi connectivity index (χ0v) is 21.5. The summed E-state index contributed by atoms with van der Waals surface area (Å²) in [5.41, 5.74) is 1.59. The number of unbranched alkanes of at least 4 members (excludes halogenated alkanes) is 3. The predicted molar refractivity (Wildman–Crippen MR) is 136 cm³/mol. The van der Waals surface area contributed by atoms with E-state index >= 15 is 0 Å². The van der Waals surface area contributed by atoms with E-state index in [0.717, 1.165) is 17.5 Å². The number of hydrogen-bond donors (Lipinski definition) is 1. The van der Waals surface area contributed by atoms with Gasteiger partial charge in [0.2, 0.25) is 6.29 Å². The summed E-state index contributed by atoms with van der Waals surface area (Å²) < 4.78 is 16.2. The number of carboxylic acids is 1. The molecule has 0 fully saturated rings. The molecule has 0 aromatic heterocycles. The van der Waals surface area contributed by atoms with E-state index in [1.807, 2.05) is 48.5 Å². The van der Waals surface area contributed by atoms with Crippen LogP contribution in [-0.2, 0) is 46.2 Å². The first kappa shape index (κ1) is 29.5. The Morgan fingerprint density at radius 1 is 0.703 bits per heavy atom. The molecule has 0 radical (unpaired) electrons. The molecule has 0 spiro atoms. The minimum atomic E-state index is -1.10. The highest BCUT2D eigenvalue weighted by atomic mass is 16.7. The van der Waals surface area contributed by atoms with Crippen LogP contribution in [0.1, 0.15) is 63.5 Å². The number of aliphatic carboxylic acids is 1. The molecular weight excluding hydrogens is 476 g/mol. The SMILES string of the molecule is CC(OC(=O)Cc1ccccc1)OC(=O)C(CCCCCCC(=O)O)C(C)OC(=O)Cc1ccccc1. The van der Waals surface area contributed by atoms with E-state index in [4.69, 9.17) is 19.3 Å². The highest BCUT2D eigenvalue weighted by Gasteiger charge is 2.31. The molecule has 0 aliphatic carbocycles. The van der Waals surface area contributed by atoms with E-state index in [2.05, 4.69) is 0 Å². The fourth-order valence-electron chi connectivity index (χ4n) is 3.90. The Hall–Kier alpha value is -3.68. The second-order valence-corrected chi connectivity index (χ2v) is 8.97. The average molecular weight is 513 g/mol. The van der Waals surface area contributed by atoms with Gasteiger partial charge in [-0.15, -0.1) is 0 Å². The first-order valence-corrected chi connectivity index (χ1v) is 12.6. The number of ether oxygens (including phenoxy) is 3. The number of carbonyl (C=O) groups excluding carboxylic acids is 3. The van der Waals surface area contributed by atoms with E-state index in [1.54, 1.807) is 19.1 Å². The Balaban J connectivity index is 1.92. The molecule has 8 nitrogen and oxygen atoms in total. The number of rotatable bonds is 16. The van der Waals surface area contributed by atoms with Gasteiger partial charge in [0.25, 0.3) is 0 Å². The summed E-state index contributed by atoms with van der Waals surface area (Å²) in [6, 6.07) is 18.2. The maximum Gasteiger partial charge on any atom is 0.315 e. The van der Waals surface area contributed by atoms with Crippen molar-refractivity contribution in [3.8, 4) is 0 Å². The minimum Gasteiger partial charge on any atom is -0.481 e.